The molecule has 1 heterocycles. The number of urea groups is 1. The average molecular weight is 365 g/mol. The molecular weight excluding hydrogens is 354 g/mol. The normalized spacial score (nSPS) is 16.0. The number of carbonyl (C=O) groups is 2. The molecule has 3 amide bonds. The maximum absolute atomic E-state index is 13.7. The second-order valence-electron chi connectivity index (χ2n) is 5.14. The van der Waals surface area contributed by atoms with Crippen LogP contribution in [0.5, 0.6) is 0 Å². The highest BCUT2D eigenvalue weighted by Crippen LogP contribution is 2.24. The molecule has 1 fully saturated rings. The van der Waals surface area contributed by atoms with E-state index in [9.17, 15) is 14.0 Å². The minimum Gasteiger partial charge on any atom is -0.303 e. The Bertz CT molecular complexity index is 867. The Labute approximate surface area is 147 Å². The van der Waals surface area contributed by atoms with Crippen LogP contribution in [-0.4, -0.2) is 16.8 Å². The summed E-state index contributed by atoms with van der Waals surface area (Å²) in [6.45, 7) is -0.143. The van der Waals surface area contributed by atoms with E-state index in [0.29, 0.717) is 15.6 Å². The van der Waals surface area contributed by atoms with Crippen LogP contribution in [0.1, 0.15) is 11.1 Å². The first-order chi connectivity index (χ1) is 11.5. The third kappa shape index (κ3) is 3.27. The Morgan fingerprint density at radius 1 is 1.08 bits per heavy atom. The number of halogens is 3. The molecule has 7 heteroatoms. The number of nitrogens with zero attached hydrogens (tertiary/aromatic N) is 1. The van der Waals surface area contributed by atoms with Gasteiger partial charge in [0.15, 0.2) is 0 Å². The molecule has 0 unspecified atom stereocenters. The third-order valence-corrected chi connectivity index (χ3v) is 4.24. The zero-order chi connectivity index (χ0) is 17.3. The number of hydrogen-bond donors (Lipinski definition) is 1. The predicted octanol–water partition coefficient (Wildman–Crippen LogP) is 4.23. The van der Waals surface area contributed by atoms with Crippen LogP contribution in [0.25, 0.3) is 6.08 Å². The van der Waals surface area contributed by atoms with E-state index in [-0.39, 0.29) is 17.8 Å². The Morgan fingerprint density at radius 2 is 1.83 bits per heavy atom. The molecular formula is C17H11Cl2FN2O2. The maximum Gasteiger partial charge on any atom is 0.329 e. The van der Waals surface area contributed by atoms with Crippen molar-refractivity contribution in [3.05, 3.63) is 75.2 Å². The van der Waals surface area contributed by atoms with Crippen molar-refractivity contribution < 1.29 is 14.0 Å². The highest BCUT2D eigenvalue weighted by atomic mass is 35.5. The number of amides is 3. The largest absolute Gasteiger partial charge is 0.329 e. The summed E-state index contributed by atoms with van der Waals surface area (Å²) in [5.41, 5.74) is 0.965. The van der Waals surface area contributed by atoms with E-state index in [0.717, 1.165) is 4.90 Å². The second-order valence-corrected chi connectivity index (χ2v) is 5.96. The van der Waals surface area contributed by atoms with Crippen LogP contribution in [0.3, 0.4) is 0 Å². The molecule has 1 aliphatic heterocycles. The fraction of sp³-hybridized carbons (Fsp3) is 0.0588. The topological polar surface area (TPSA) is 49.4 Å². The van der Waals surface area contributed by atoms with Gasteiger partial charge in [0.1, 0.15) is 11.5 Å². The van der Waals surface area contributed by atoms with Crippen LogP contribution in [0.2, 0.25) is 10.0 Å². The maximum atomic E-state index is 13.7. The standard InChI is InChI=1S/C17H11Cl2FN2O2/c18-12-6-5-10(7-13(12)19)8-15-16(23)22(17(24)21-15)9-11-3-1-2-4-14(11)20/h1-8H,9H2,(H,21,24)/b15-8+. The van der Waals surface area contributed by atoms with Crippen molar-refractivity contribution in [3.63, 3.8) is 0 Å². The van der Waals surface area contributed by atoms with Gasteiger partial charge >= 0.3 is 6.03 Å². The third-order valence-electron chi connectivity index (χ3n) is 3.50. The summed E-state index contributed by atoms with van der Waals surface area (Å²) in [5, 5.41) is 3.21. The van der Waals surface area contributed by atoms with Gasteiger partial charge in [0.05, 0.1) is 16.6 Å². The molecule has 122 valence electrons. The van der Waals surface area contributed by atoms with Gasteiger partial charge in [0.25, 0.3) is 5.91 Å². The SMILES string of the molecule is O=C1N/C(=C/c2ccc(Cl)c(Cl)c2)C(=O)N1Cc1ccccc1F. The number of rotatable bonds is 3. The van der Waals surface area contributed by atoms with E-state index in [2.05, 4.69) is 5.32 Å². The molecule has 3 rings (SSSR count). The van der Waals surface area contributed by atoms with E-state index in [1.807, 2.05) is 0 Å². The van der Waals surface area contributed by atoms with Gasteiger partial charge in [0.2, 0.25) is 0 Å². The van der Waals surface area contributed by atoms with Crippen molar-refractivity contribution in [1.29, 1.82) is 0 Å². The second kappa shape index (κ2) is 6.63. The minimum atomic E-state index is -0.602. The quantitative estimate of drug-likeness (QED) is 0.654. The lowest BCUT2D eigenvalue weighted by molar-refractivity contribution is -0.123. The number of hydrogen-bond acceptors (Lipinski definition) is 2. The molecule has 0 radical (unpaired) electrons. The Balaban J connectivity index is 1.84. The summed E-state index contributed by atoms with van der Waals surface area (Å²) in [6, 6.07) is 10.2. The summed E-state index contributed by atoms with van der Waals surface area (Å²) in [6.07, 6.45) is 1.49. The first-order valence-corrected chi connectivity index (χ1v) is 7.74. The van der Waals surface area contributed by atoms with E-state index in [1.165, 1.54) is 18.2 Å². The van der Waals surface area contributed by atoms with Crippen molar-refractivity contribution in [2.45, 2.75) is 6.54 Å². The molecule has 24 heavy (non-hydrogen) atoms. The molecule has 0 atom stereocenters. The Kier molecular flexibility index (Phi) is 4.55. The molecule has 0 saturated carbocycles. The summed E-state index contributed by atoms with van der Waals surface area (Å²) >= 11 is 11.8. The van der Waals surface area contributed by atoms with Crippen molar-refractivity contribution in [2.75, 3.05) is 0 Å². The van der Waals surface area contributed by atoms with Gasteiger partial charge in [-0.3, -0.25) is 9.69 Å². The molecule has 0 spiro atoms. The molecule has 2 aromatic rings. The number of nitrogens with one attached hydrogen (secondary N) is 1. The summed E-state index contributed by atoms with van der Waals surface area (Å²) in [7, 11) is 0. The smallest absolute Gasteiger partial charge is 0.303 e. The van der Waals surface area contributed by atoms with Crippen LogP contribution in [0.4, 0.5) is 9.18 Å². The predicted molar refractivity (Wildman–Crippen MR) is 89.9 cm³/mol. The average Bonchev–Trinajstić information content (AvgIpc) is 2.80. The van der Waals surface area contributed by atoms with Gasteiger partial charge in [-0.15, -0.1) is 0 Å². The van der Waals surface area contributed by atoms with Crippen molar-refractivity contribution in [1.82, 2.24) is 10.2 Å². The first kappa shape index (κ1) is 16.5. The van der Waals surface area contributed by atoms with Gasteiger partial charge in [-0.05, 0) is 29.8 Å². The Morgan fingerprint density at radius 3 is 2.54 bits per heavy atom. The van der Waals surface area contributed by atoms with Gasteiger partial charge < -0.3 is 5.32 Å². The molecule has 4 nitrogen and oxygen atoms in total. The molecule has 0 bridgehead atoms. The van der Waals surface area contributed by atoms with Crippen LogP contribution >= 0.6 is 23.2 Å². The highest BCUT2D eigenvalue weighted by molar-refractivity contribution is 6.42. The zero-order valence-corrected chi connectivity index (χ0v) is 13.7. The number of benzene rings is 2. The Hall–Kier alpha value is -2.37. The molecule has 0 aromatic heterocycles. The van der Waals surface area contributed by atoms with Crippen LogP contribution < -0.4 is 5.32 Å². The highest BCUT2D eigenvalue weighted by Gasteiger charge is 2.33. The van der Waals surface area contributed by atoms with E-state index < -0.39 is 17.8 Å². The van der Waals surface area contributed by atoms with E-state index >= 15 is 0 Å². The summed E-state index contributed by atoms with van der Waals surface area (Å²) in [4.78, 5) is 25.3. The van der Waals surface area contributed by atoms with Crippen molar-refractivity contribution >= 4 is 41.2 Å². The van der Waals surface area contributed by atoms with Crippen molar-refractivity contribution in [3.8, 4) is 0 Å². The van der Waals surface area contributed by atoms with Crippen LogP contribution in [-0.2, 0) is 11.3 Å². The molecule has 1 saturated heterocycles. The monoisotopic (exact) mass is 364 g/mol. The van der Waals surface area contributed by atoms with Crippen LogP contribution in [0, 0.1) is 5.82 Å². The van der Waals surface area contributed by atoms with Gasteiger partial charge in [-0.25, -0.2) is 9.18 Å². The number of imide groups is 1. The minimum absolute atomic E-state index is 0.0923. The zero-order valence-electron chi connectivity index (χ0n) is 12.2. The lowest BCUT2D eigenvalue weighted by atomic mass is 10.2. The molecule has 0 aliphatic carbocycles. The first-order valence-electron chi connectivity index (χ1n) is 6.98. The molecule has 2 aromatic carbocycles. The summed E-state index contributed by atoms with van der Waals surface area (Å²) < 4.78 is 13.7. The lowest BCUT2D eigenvalue weighted by Gasteiger charge is -2.12. The molecule has 1 N–H and O–H groups in total. The fourth-order valence-corrected chi connectivity index (χ4v) is 2.59. The van der Waals surface area contributed by atoms with Gasteiger partial charge in [0, 0.05) is 5.56 Å². The number of carbonyl (C=O) groups excluding carboxylic acids is 2. The van der Waals surface area contributed by atoms with Gasteiger partial charge in [-0.1, -0.05) is 47.5 Å². The summed E-state index contributed by atoms with van der Waals surface area (Å²) in [5.74, 6) is -1.01. The van der Waals surface area contributed by atoms with E-state index in [4.69, 9.17) is 23.2 Å². The van der Waals surface area contributed by atoms with Crippen LogP contribution in [0.15, 0.2) is 48.2 Å². The lowest BCUT2D eigenvalue weighted by Crippen LogP contribution is -2.30. The van der Waals surface area contributed by atoms with Gasteiger partial charge in [-0.2, -0.15) is 0 Å². The molecule has 1 aliphatic rings. The fourth-order valence-electron chi connectivity index (χ4n) is 2.28. The van der Waals surface area contributed by atoms with E-state index in [1.54, 1.807) is 30.3 Å². The van der Waals surface area contributed by atoms with Crippen molar-refractivity contribution in [2.24, 2.45) is 0 Å².